The van der Waals surface area contributed by atoms with Crippen molar-refractivity contribution in [3.05, 3.63) is 0 Å². The van der Waals surface area contributed by atoms with E-state index in [2.05, 4.69) is 21.3 Å². The number of carbonyl (C=O) groups is 7. The van der Waals surface area contributed by atoms with E-state index >= 15 is 0 Å². The van der Waals surface area contributed by atoms with E-state index in [0.29, 0.717) is 45.3 Å². The number of esters is 3. The van der Waals surface area contributed by atoms with E-state index in [0.717, 1.165) is 0 Å². The lowest BCUT2D eigenvalue weighted by atomic mass is 9.78. The number of carbonyl (C=O) groups excluding carboxylic acids is 7. The summed E-state index contributed by atoms with van der Waals surface area (Å²) in [6, 6.07) is -0.890. The average molecular weight is 792 g/mol. The predicted octanol–water partition coefficient (Wildman–Crippen LogP) is -4.91. The van der Waals surface area contributed by atoms with Crippen molar-refractivity contribution < 1.29 is 57.8 Å². The molecule has 6 aliphatic heterocycles. The lowest BCUT2D eigenvalue weighted by Gasteiger charge is -2.60. The smallest absolute Gasteiger partial charge is 0.440 e. The van der Waals surface area contributed by atoms with Crippen LogP contribution in [0.4, 0.5) is 0 Å². The van der Waals surface area contributed by atoms with Gasteiger partial charge in [-0.15, -0.1) is 0 Å². The van der Waals surface area contributed by atoms with Crippen molar-refractivity contribution in [2.45, 2.75) is 82.2 Å². The molecule has 6 saturated heterocycles. The molecule has 0 aromatic rings. The highest BCUT2D eigenvalue weighted by Gasteiger charge is 2.75. The number of nitrogens with one attached hydrogen (secondary N) is 4. The van der Waals surface area contributed by atoms with Crippen LogP contribution in [0.5, 0.6) is 0 Å². The molecular weight excluding hydrogens is 737 g/mol. The highest BCUT2D eigenvalue weighted by molar-refractivity contribution is 6.43. The maximum Gasteiger partial charge on any atom is 0.475 e. The van der Waals surface area contributed by atoms with Gasteiger partial charge in [0.1, 0.15) is 12.6 Å². The Kier molecular flexibility index (Phi) is 12.6. The Morgan fingerprint density at radius 1 is 0.911 bits per heavy atom. The van der Waals surface area contributed by atoms with Crippen LogP contribution in [-0.2, 0) is 47.8 Å². The monoisotopic (exact) mass is 791 g/mol. The minimum Gasteiger partial charge on any atom is -0.440 e. The number of fused-ring (bicyclic) bond motifs is 3. The standard InChI is InChI=1S/C34H54BN9O12/c1-22(2)30(31(51)38-13-26(47)43-11-6-7-23(43)35(52)53)39-24(45)8-4-5-9-37-25(46)15-40-12-10-36-14-27(48)54-32(3)42-17-29(50)56-34(21-42)20-41-16-28(49)55-33(18-40,19-41)44(32)34/h22-23,30,36,52-53H,4-21H2,1-3H3,(H,37,46)(H,38,51)(H,39,45)/t23-,30?,32?,33?,34?/m0/s1. The summed E-state index contributed by atoms with van der Waals surface area (Å²) in [5, 5.41) is 30.3. The minimum absolute atomic E-state index is 0.00440. The van der Waals surface area contributed by atoms with Crippen molar-refractivity contribution in [2.75, 3.05) is 85.1 Å². The topological polar surface area (TPSA) is 252 Å². The molecule has 56 heavy (non-hydrogen) atoms. The first-order chi connectivity index (χ1) is 26.5. The molecule has 310 valence electrons. The Labute approximate surface area is 325 Å². The highest BCUT2D eigenvalue weighted by Crippen LogP contribution is 2.51. The molecule has 21 nitrogen and oxygen atoms in total. The third-order valence-corrected chi connectivity index (χ3v) is 11.3. The lowest BCUT2D eigenvalue weighted by Crippen LogP contribution is -2.81. The Morgan fingerprint density at radius 2 is 1.62 bits per heavy atom. The van der Waals surface area contributed by atoms with Gasteiger partial charge in [0.15, 0.2) is 11.4 Å². The molecule has 22 heteroatoms. The lowest BCUT2D eigenvalue weighted by molar-refractivity contribution is -0.337. The van der Waals surface area contributed by atoms with Gasteiger partial charge in [-0.05, 0) is 31.6 Å². The van der Waals surface area contributed by atoms with Crippen molar-refractivity contribution in [2.24, 2.45) is 5.92 Å². The van der Waals surface area contributed by atoms with Crippen molar-refractivity contribution in [1.29, 1.82) is 0 Å². The summed E-state index contributed by atoms with van der Waals surface area (Å²) in [6.07, 6.45) is 2.06. The molecule has 6 aliphatic rings. The van der Waals surface area contributed by atoms with Gasteiger partial charge in [-0.3, -0.25) is 43.4 Å². The summed E-state index contributed by atoms with van der Waals surface area (Å²) in [5.41, 5.74) is -2.69. The summed E-state index contributed by atoms with van der Waals surface area (Å²) in [6.45, 7) is 6.53. The second kappa shape index (κ2) is 16.9. The number of morpholine rings is 2. The number of likely N-dealkylation sites (tertiary alicyclic amines) is 1. The number of hydrogen-bond donors (Lipinski definition) is 6. The van der Waals surface area contributed by atoms with Crippen LogP contribution in [0.1, 0.15) is 52.9 Å². The number of ether oxygens (including phenoxy) is 3. The second-order valence-electron chi connectivity index (χ2n) is 16.0. The number of hydrogen-bond acceptors (Lipinski definition) is 17. The molecule has 6 fully saturated rings. The van der Waals surface area contributed by atoms with E-state index in [9.17, 15) is 43.6 Å². The van der Waals surface area contributed by atoms with Crippen LogP contribution in [-0.4, -0.2) is 198 Å². The molecule has 0 radical (unpaired) electrons. The number of unbranched alkanes of at least 4 members (excludes halogenated alkanes) is 1. The highest BCUT2D eigenvalue weighted by atomic mass is 16.6. The van der Waals surface area contributed by atoms with E-state index in [-0.39, 0.29) is 89.6 Å². The Hall–Kier alpha value is -3.93. The molecule has 6 rings (SSSR count). The SMILES string of the molecule is CC(C)C(NC(=O)CCCCNC(=O)CN1CCNCC(=O)OC2(C)N3CC(=O)OC4(CN5CC(=O)OC(C1)(C5)N42)C3)C(=O)NCC(=O)N1CCC[C@H]1B(O)O. The minimum atomic E-state index is -1.66. The molecule has 6 unspecified atom stereocenters. The van der Waals surface area contributed by atoms with E-state index < -0.39 is 66.1 Å². The molecule has 2 spiro atoms. The van der Waals surface area contributed by atoms with Gasteiger partial charge >= 0.3 is 25.0 Å². The van der Waals surface area contributed by atoms with Gasteiger partial charge in [-0.25, -0.2) is 4.90 Å². The average Bonchev–Trinajstić information content (AvgIpc) is 3.66. The number of amides is 4. The maximum atomic E-state index is 13.3. The summed E-state index contributed by atoms with van der Waals surface area (Å²) >= 11 is 0. The largest absolute Gasteiger partial charge is 0.475 e. The normalized spacial score (nSPS) is 32.3. The first-order valence-corrected chi connectivity index (χ1v) is 19.4. The van der Waals surface area contributed by atoms with Gasteiger partial charge < -0.3 is 50.4 Å². The van der Waals surface area contributed by atoms with Gasteiger partial charge in [-0.1, -0.05) is 13.8 Å². The fourth-order valence-corrected chi connectivity index (χ4v) is 9.03. The van der Waals surface area contributed by atoms with Crippen LogP contribution in [0.25, 0.3) is 0 Å². The fraction of sp³-hybridized carbons (Fsp3) is 0.794. The zero-order chi connectivity index (χ0) is 40.4. The van der Waals surface area contributed by atoms with Gasteiger partial charge in [-0.2, -0.15) is 4.90 Å². The van der Waals surface area contributed by atoms with E-state index in [1.54, 1.807) is 30.6 Å². The molecule has 4 bridgehead atoms. The van der Waals surface area contributed by atoms with Crippen molar-refractivity contribution in [3.63, 3.8) is 0 Å². The van der Waals surface area contributed by atoms with Crippen molar-refractivity contribution >= 4 is 48.7 Å². The molecule has 4 amide bonds. The van der Waals surface area contributed by atoms with E-state index in [4.69, 9.17) is 14.2 Å². The van der Waals surface area contributed by atoms with Crippen LogP contribution in [0.15, 0.2) is 0 Å². The van der Waals surface area contributed by atoms with Crippen molar-refractivity contribution in [1.82, 2.24) is 45.8 Å². The Balaban J connectivity index is 1.00. The molecule has 0 aromatic heterocycles. The molecule has 6 heterocycles. The number of piperazine rings is 1. The van der Waals surface area contributed by atoms with Crippen LogP contribution < -0.4 is 21.3 Å². The Bertz CT molecular complexity index is 1570. The summed E-state index contributed by atoms with van der Waals surface area (Å²) in [7, 11) is -1.66. The van der Waals surface area contributed by atoms with Gasteiger partial charge in [0, 0.05) is 39.5 Å². The fourth-order valence-electron chi connectivity index (χ4n) is 9.03. The zero-order valence-electron chi connectivity index (χ0n) is 32.3. The number of rotatable bonds is 13. The molecule has 7 atom stereocenters. The first kappa shape index (κ1) is 41.7. The summed E-state index contributed by atoms with van der Waals surface area (Å²) < 4.78 is 18.2. The van der Waals surface area contributed by atoms with Crippen LogP contribution in [0.3, 0.4) is 0 Å². The Morgan fingerprint density at radius 3 is 2.34 bits per heavy atom. The van der Waals surface area contributed by atoms with Gasteiger partial charge in [0.2, 0.25) is 29.5 Å². The molecule has 0 aliphatic carbocycles. The summed E-state index contributed by atoms with van der Waals surface area (Å²) in [4.78, 5) is 99.1. The van der Waals surface area contributed by atoms with Crippen LogP contribution >= 0.6 is 0 Å². The van der Waals surface area contributed by atoms with Crippen LogP contribution in [0, 0.1) is 5.92 Å². The van der Waals surface area contributed by atoms with E-state index in [1.165, 1.54) is 4.90 Å². The number of nitrogens with zero attached hydrogens (tertiary/aromatic N) is 5. The van der Waals surface area contributed by atoms with Gasteiger partial charge in [0.25, 0.3) is 0 Å². The molecule has 0 saturated carbocycles. The summed E-state index contributed by atoms with van der Waals surface area (Å²) in [5.74, 6) is -5.65. The predicted molar refractivity (Wildman–Crippen MR) is 193 cm³/mol. The third kappa shape index (κ3) is 8.80. The molecule has 6 N–H and O–H groups in total. The first-order valence-electron chi connectivity index (χ1n) is 19.4. The van der Waals surface area contributed by atoms with Gasteiger partial charge in [0.05, 0.1) is 58.3 Å². The molecular formula is C34H54BN9O12. The maximum absolute atomic E-state index is 13.3. The van der Waals surface area contributed by atoms with Crippen LogP contribution in [0.2, 0.25) is 0 Å². The second-order valence-corrected chi connectivity index (χ2v) is 16.0. The third-order valence-electron chi connectivity index (χ3n) is 11.3. The zero-order valence-corrected chi connectivity index (χ0v) is 32.3. The molecule has 0 aromatic carbocycles. The quantitative estimate of drug-likeness (QED) is 0.0443. The van der Waals surface area contributed by atoms with Crippen molar-refractivity contribution in [3.8, 4) is 0 Å². The van der Waals surface area contributed by atoms with E-state index in [1.807, 2.05) is 9.80 Å².